The van der Waals surface area contributed by atoms with Gasteiger partial charge in [0.15, 0.2) is 5.79 Å². The van der Waals surface area contributed by atoms with Gasteiger partial charge in [-0.3, -0.25) is 5.32 Å². The molecule has 1 N–H and O–H groups in total. The standard InChI is InChI=1S/C14H19NO3/c1-13(2)17-9-14(10-18-13)8-16-12(15-14)11-6-4-3-5-7-11/h3-7,12,15H,8-10H2,1-2H3. The van der Waals surface area contributed by atoms with E-state index in [0.29, 0.717) is 19.8 Å². The highest BCUT2D eigenvalue weighted by molar-refractivity contribution is 5.19. The van der Waals surface area contributed by atoms with Gasteiger partial charge in [0.05, 0.1) is 25.4 Å². The van der Waals surface area contributed by atoms with Crippen molar-refractivity contribution in [2.75, 3.05) is 19.8 Å². The lowest BCUT2D eigenvalue weighted by Crippen LogP contribution is -2.58. The van der Waals surface area contributed by atoms with E-state index < -0.39 is 5.79 Å². The van der Waals surface area contributed by atoms with Gasteiger partial charge in [-0.25, -0.2) is 0 Å². The maximum absolute atomic E-state index is 5.83. The van der Waals surface area contributed by atoms with Crippen LogP contribution in [0.3, 0.4) is 0 Å². The molecule has 98 valence electrons. The van der Waals surface area contributed by atoms with Crippen molar-refractivity contribution in [2.45, 2.75) is 31.4 Å². The Morgan fingerprint density at radius 1 is 1.06 bits per heavy atom. The molecule has 2 aliphatic rings. The number of hydrogen-bond acceptors (Lipinski definition) is 4. The van der Waals surface area contributed by atoms with Crippen molar-refractivity contribution in [1.82, 2.24) is 5.32 Å². The molecule has 1 atom stereocenters. The van der Waals surface area contributed by atoms with Crippen LogP contribution in [0, 0.1) is 0 Å². The van der Waals surface area contributed by atoms with Crippen LogP contribution < -0.4 is 5.32 Å². The van der Waals surface area contributed by atoms with E-state index in [2.05, 4.69) is 17.4 Å². The summed E-state index contributed by atoms with van der Waals surface area (Å²) in [4.78, 5) is 0. The second-order valence-corrected chi connectivity index (χ2v) is 5.50. The van der Waals surface area contributed by atoms with E-state index in [4.69, 9.17) is 14.2 Å². The highest BCUT2D eigenvalue weighted by Gasteiger charge is 2.46. The van der Waals surface area contributed by atoms with Crippen LogP contribution in [0.25, 0.3) is 0 Å². The molecule has 1 spiro atoms. The van der Waals surface area contributed by atoms with Crippen LogP contribution in [0.1, 0.15) is 25.6 Å². The van der Waals surface area contributed by atoms with Crippen LogP contribution in [-0.4, -0.2) is 31.1 Å². The summed E-state index contributed by atoms with van der Waals surface area (Å²) in [6.45, 7) is 5.71. The van der Waals surface area contributed by atoms with Gasteiger partial charge in [0.2, 0.25) is 0 Å². The summed E-state index contributed by atoms with van der Waals surface area (Å²) in [7, 11) is 0. The Labute approximate surface area is 107 Å². The Bertz CT molecular complexity index is 408. The van der Waals surface area contributed by atoms with E-state index in [-0.39, 0.29) is 11.8 Å². The van der Waals surface area contributed by atoms with Crippen molar-refractivity contribution in [3.8, 4) is 0 Å². The number of benzene rings is 1. The lowest BCUT2D eigenvalue weighted by Gasteiger charge is -2.40. The molecule has 0 radical (unpaired) electrons. The molecule has 1 aromatic carbocycles. The van der Waals surface area contributed by atoms with Crippen molar-refractivity contribution in [3.63, 3.8) is 0 Å². The molecule has 1 unspecified atom stereocenters. The molecular weight excluding hydrogens is 230 g/mol. The summed E-state index contributed by atoms with van der Waals surface area (Å²) in [6, 6.07) is 10.2. The van der Waals surface area contributed by atoms with Crippen LogP contribution in [-0.2, 0) is 14.2 Å². The summed E-state index contributed by atoms with van der Waals surface area (Å²) < 4.78 is 17.3. The molecule has 2 saturated heterocycles. The van der Waals surface area contributed by atoms with Gasteiger partial charge in [-0.15, -0.1) is 0 Å². The van der Waals surface area contributed by atoms with E-state index in [9.17, 15) is 0 Å². The molecule has 1 aromatic rings. The van der Waals surface area contributed by atoms with Crippen LogP contribution in [0.2, 0.25) is 0 Å². The van der Waals surface area contributed by atoms with Crippen molar-refractivity contribution in [2.24, 2.45) is 0 Å². The molecule has 2 heterocycles. The Morgan fingerprint density at radius 3 is 2.39 bits per heavy atom. The maximum Gasteiger partial charge on any atom is 0.162 e. The summed E-state index contributed by atoms with van der Waals surface area (Å²) in [5, 5.41) is 3.49. The summed E-state index contributed by atoms with van der Waals surface area (Å²) >= 11 is 0. The number of nitrogens with one attached hydrogen (secondary N) is 1. The molecule has 3 rings (SSSR count). The predicted molar refractivity (Wildman–Crippen MR) is 67.0 cm³/mol. The molecule has 0 saturated carbocycles. The first-order valence-electron chi connectivity index (χ1n) is 6.31. The fraction of sp³-hybridized carbons (Fsp3) is 0.571. The largest absolute Gasteiger partial charge is 0.357 e. The molecule has 0 aromatic heterocycles. The first kappa shape index (κ1) is 12.1. The van der Waals surface area contributed by atoms with Crippen molar-refractivity contribution >= 4 is 0 Å². The molecule has 2 fully saturated rings. The highest BCUT2D eigenvalue weighted by atomic mass is 16.7. The third kappa shape index (κ3) is 2.29. The molecule has 18 heavy (non-hydrogen) atoms. The van der Waals surface area contributed by atoms with Gasteiger partial charge in [-0.2, -0.15) is 0 Å². The quantitative estimate of drug-likeness (QED) is 0.824. The van der Waals surface area contributed by atoms with Crippen LogP contribution in [0.15, 0.2) is 30.3 Å². The zero-order valence-corrected chi connectivity index (χ0v) is 10.8. The molecular formula is C14H19NO3. The molecule has 4 nitrogen and oxygen atoms in total. The van der Waals surface area contributed by atoms with Gasteiger partial charge >= 0.3 is 0 Å². The lowest BCUT2D eigenvalue weighted by atomic mass is 10.0. The Morgan fingerprint density at radius 2 is 1.72 bits per heavy atom. The molecule has 0 bridgehead atoms. The minimum absolute atomic E-state index is 0.0698. The maximum atomic E-state index is 5.83. The Kier molecular flexibility index (Phi) is 2.90. The van der Waals surface area contributed by atoms with Crippen molar-refractivity contribution in [3.05, 3.63) is 35.9 Å². The van der Waals surface area contributed by atoms with Crippen molar-refractivity contribution < 1.29 is 14.2 Å². The van der Waals surface area contributed by atoms with Gasteiger partial charge in [-0.05, 0) is 19.4 Å². The summed E-state index contributed by atoms with van der Waals surface area (Å²) in [5.74, 6) is -0.488. The molecule has 4 heteroatoms. The topological polar surface area (TPSA) is 39.7 Å². The molecule has 0 amide bonds. The Hall–Kier alpha value is -0.940. The van der Waals surface area contributed by atoms with E-state index in [1.807, 2.05) is 32.0 Å². The SMILES string of the molecule is CC1(C)OCC2(COC(c3ccccc3)N2)CO1. The van der Waals surface area contributed by atoms with Crippen LogP contribution >= 0.6 is 0 Å². The normalized spacial score (nSPS) is 29.6. The van der Waals surface area contributed by atoms with Crippen LogP contribution in [0.4, 0.5) is 0 Å². The zero-order chi connectivity index (χ0) is 12.6. The average molecular weight is 249 g/mol. The lowest BCUT2D eigenvalue weighted by molar-refractivity contribution is -0.269. The fourth-order valence-corrected chi connectivity index (χ4v) is 2.29. The van der Waals surface area contributed by atoms with Gasteiger partial charge in [-0.1, -0.05) is 30.3 Å². The summed E-state index contributed by atoms with van der Waals surface area (Å²) in [5.41, 5.74) is 0.926. The predicted octanol–water partition coefficient (Wildman–Crippen LogP) is 1.83. The first-order valence-corrected chi connectivity index (χ1v) is 6.31. The molecule has 0 aliphatic carbocycles. The second-order valence-electron chi connectivity index (χ2n) is 5.50. The third-order valence-corrected chi connectivity index (χ3v) is 3.46. The monoisotopic (exact) mass is 249 g/mol. The van der Waals surface area contributed by atoms with E-state index >= 15 is 0 Å². The second kappa shape index (κ2) is 4.31. The fourth-order valence-electron chi connectivity index (χ4n) is 2.29. The van der Waals surface area contributed by atoms with Gasteiger partial charge in [0.25, 0.3) is 0 Å². The van der Waals surface area contributed by atoms with E-state index in [0.717, 1.165) is 5.56 Å². The van der Waals surface area contributed by atoms with Gasteiger partial charge in [0, 0.05) is 0 Å². The first-order chi connectivity index (χ1) is 8.59. The molecule has 2 aliphatic heterocycles. The van der Waals surface area contributed by atoms with E-state index in [1.165, 1.54) is 0 Å². The smallest absolute Gasteiger partial charge is 0.162 e. The van der Waals surface area contributed by atoms with Crippen molar-refractivity contribution in [1.29, 1.82) is 0 Å². The zero-order valence-electron chi connectivity index (χ0n) is 10.8. The number of ether oxygens (including phenoxy) is 3. The van der Waals surface area contributed by atoms with Gasteiger partial charge < -0.3 is 14.2 Å². The minimum atomic E-state index is -0.488. The number of rotatable bonds is 1. The minimum Gasteiger partial charge on any atom is -0.357 e. The average Bonchev–Trinajstić information content (AvgIpc) is 2.80. The Balaban J connectivity index is 1.69. The number of hydrogen-bond donors (Lipinski definition) is 1. The van der Waals surface area contributed by atoms with Crippen LogP contribution in [0.5, 0.6) is 0 Å². The van der Waals surface area contributed by atoms with Gasteiger partial charge in [0.1, 0.15) is 6.23 Å². The highest BCUT2D eigenvalue weighted by Crippen LogP contribution is 2.32. The third-order valence-electron chi connectivity index (χ3n) is 3.46. The summed E-state index contributed by atoms with van der Waals surface area (Å²) in [6.07, 6.45) is -0.0698. The van der Waals surface area contributed by atoms with E-state index in [1.54, 1.807) is 0 Å².